The molecule has 12 heteroatoms. The number of rotatable bonds is 7. The summed E-state index contributed by atoms with van der Waals surface area (Å²) >= 11 is 0. The van der Waals surface area contributed by atoms with Gasteiger partial charge in [0.05, 0.1) is 0 Å². The molecule has 36 heavy (non-hydrogen) atoms. The summed E-state index contributed by atoms with van der Waals surface area (Å²) in [6.45, 7) is 14.9. The summed E-state index contributed by atoms with van der Waals surface area (Å²) in [6, 6.07) is 0. The van der Waals surface area contributed by atoms with Gasteiger partial charge in [-0.2, -0.15) is 0 Å². The highest BCUT2D eigenvalue weighted by molar-refractivity contribution is 5.17. The first-order chi connectivity index (χ1) is 17.0. The van der Waals surface area contributed by atoms with Crippen LogP contribution >= 0.6 is 0 Å². The lowest BCUT2D eigenvalue weighted by atomic mass is 9.84. The molecule has 0 aliphatic heterocycles. The summed E-state index contributed by atoms with van der Waals surface area (Å²) < 4.78 is 0. The van der Waals surface area contributed by atoms with Gasteiger partial charge in [0.2, 0.25) is 0 Å². The van der Waals surface area contributed by atoms with Crippen LogP contribution in [0.25, 0.3) is 0 Å². The predicted molar refractivity (Wildman–Crippen MR) is 130 cm³/mol. The Morgan fingerprint density at radius 3 is 0.806 bits per heavy atom. The van der Waals surface area contributed by atoms with Crippen LogP contribution in [-0.2, 0) is 12.8 Å². The summed E-state index contributed by atoms with van der Waals surface area (Å²) in [5.74, 6) is 7.16. The van der Waals surface area contributed by atoms with Crippen molar-refractivity contribution in [3.05, 3.63) is 69.9 Å². The van der Waals surface area contributed by atoms with E-state index in [-0.39, 0.29) is 11.8 Å². The Hall–Kier alpha value is -3.96. The van der Waals surface area contributed by atoms with E-state index in [2.05, 4.69) is 39.9 Å². The van der Waals surface area contributed by atoms with Crippen LogP contribution in [0.5, 0.6) is 0 Å². The van der Waals surface area contributed by atoms with Gasteiger partial charge >= 0.3 is 0 Å². The Bertz CT molecular complexity index is 1220. The molecule has 0 bridgehead atoms. The van der Waals surface area contributed by atoms with Crippen molar-refractivity contribution in [2.45, 2.75) is 80.1 Å². The van der Waals surface area contributed by atoms with E-state index in [4.69, 9.17) is 19.9 Å². The first-order valence-corrected chi connectivity index (χ1v) is 11.8. The van der Waals surface area contributed by atoms with Crippen LogP contribution in [0.1, 0.15) is 81.7 Å². The Morgan fingerprint density at radius 1 is 0.333 bits per heavy atom. The van der Waals surface area contributed by atoms with Crippen LogP contribution in [0.4, 0.5) is 0 Å². The van der Waals surface area contributed by atoms with E-state index in [0.29, 0.717) is 82.7 Å². The van der Waals surface area contributed by atoms with Gasteiger partial charge in [-0.3, -0.25) is 0 Å². The van der Waals surface area contributed by atoms with Crippen LogP contribution in [0.2, 0.25) is 0 Å². The normalized spacial score (nSPS) is 13.0. The highest BCUT2D eigenvalue weighted by Crippen LogP contribution is 2.35. The Kier molecular flexibility index (Phi) is 7.22. The summed E-state index contributed by atoms with van der Waals surface area (Å²) in [6.07, 6.45) is 0.898. The van der Waals surface area contributed by atoms with Gasteiger partial charge in [0.25, 0.3) is 0 Å². The van der Waals surface area contributed by atoms with E-state index < -0.39 is 0 Å². The van der Waals surface area contributed by atoms with Crippen LogP contribution in [0, 0.1) is 55.4 Å². The Labute approximate surface area is 210 Å². The third kappa shape index (κ3) is 6.18. The fourth-order valence-electron chi connectivity index (χ4n) is 4.38. The van der Waals surface area contributed by atoms with E-state index >= 15 is 0 Å². The number of aromatic nitrogens is 12. The van der Waals surface area contributed by atoms with E-state index in [0.717, 1.165) is 0 Å². The van der Waals surface area contributed by atoms with Gasteiger partial charge in [-0.25, -0.2) is 59.8 Å². The van der Waals surface area contributed by atoms with Gasteiger partial charge in [0, 0.05) is 24.7 Å². The van der Waals surface area contributed by atoms with E-state index in [9.17, 15) is 0 Å². The zero-order valence-electron chi connectivity index (χ0n) is 21.9. The lowest BCUT2D eigenvalue weighted by molar-refractivity contribution is 0.458. The molecule has 2 atom stereocenters. The highest BCUT2D eigenvalue weighted by Gasteiger charge is 2.33. The molecule has 0 saturated carbocycles. The zero-order chi connectivity index (χ0) is 26.0. The molecule has 0 aliphatic rings. The molecule has 0 N–H and O–H groups in total. The smallest absolute Gasteiger partial charge is 0.136 e. The molecule has 4 heterocycles. The van der Waals surface area contributed by atoms with E-state index in [1.165, 1.54) is 0 Å². The molecule has 0 spiro atoms. The predicted octanol–water partition coefficient (Wildman–Crippen LogP) is 2.25. The number of hydrogen-bond donors (Lipinski definition) is 0. The molecule has 0 aromatic carbocycles. The van der Waals surface area contributed by atoms with Crippen molar-refractivity contribution >= 4 is 0 Å². The molecule has 4 rings (SSSR count). The van der Waals surface area contributed by atoms with Gasteiger partial charge in [0.15, 0.2) is 0 Å². The fourth-order valence-corrected chi connectivity index (χ4v) is 4.38. The number of nitrogens with zero attached hydrogens (tertiary/aromatic N) is 12. The van der Waals surface area contributed by atoms with Gasteiger partial charge in [-0.1, -0.05) is 0 Å². The van der Waals surface area contributed by atoms with Crippen molar-refractivity contribution in [3.8, 4) is 0 Å². The standard InChI is InChI=1S/C24H30N12/c1-11-25-12(2)30-21(29-11)9-19(23-33-15(5)27-16(6)34-23)20(24-35-17(7)28-18(8)36-24)10-22-31-13(3)26-14(4)32-22/h19-20H,9-10H2,1-8H3. The Balaban J connectivity index is 1.90. The monoisotopic (exact) mass is 486 g/mol. The summed E-state index contributed by atoms with van der Waals surface area (Å²) in [7, 11) is 0. The van der Waals surface area contributed by atoms with Gasteiger partial charge in [-0.15, -0.1) is 0 Å². The highest BCUT2D eigenvalue weighted by atomic mass is 15.1. The fraction of sp³-hybridized carbons (Fsp3) is 0.500. The van der Waals surface area contributed by atoms with Crippen molar-refractivity contribution in [2.75, 3.05) is 0 Å². The summed E-state index contributed by atoms with van der Waals surface area (Å²) in [5, 5.41) is 0. The maximum Gasteiger partial charge on any atom is 0.136 e. The molecular weight excluding hydrogens is 456 g/mol. The minimum Gasteiger partial charge on any atom is -0.219 e. The van der Waals surface area contributed by atoms with Crippen LogP contribution in [-0.4, -0.2) is 59.8 Å². The second-order valence-corrected chi connectivity index (χ2v) is 8.89. The quantitative estimate of drug-likeness (QED) is 0.376. The number of aryl methyl sites for hydroxylation is 8. The molecule has 4 aromatic heterocycles. The minimum absolute atomic E-state index is 0.287. The minimum atomic E-state index is -0.287. The summed E-state index contributed by atoms with van der Waals surface area (Å²) in [4.78, 5) is 54.7. The zero-order valence-corrected chi connectivity index (χ0v) is 21.9. The lowest BCUT2D eigenvalue weighted by Gasteiger charge is -2.25. The van der Waals surface area contributed by atoms with Crippen LogP contribution < -0.4 is 0 Å². The molecule has 2 unspecified atom stereocenters. The second-order valence-electron chi connectivity index (χ2n) is 8.89. The topological polar surface area (TPSA) is 155 Å². The average molecular weight is 487 g/mol. The maximum absolute atomic E-state index is 4.73. The maximum atomic E-state index is 4.73. The molecule has 0 aliphatic carbocycles. The third-order valence-electron chi connectivity index (χ3n) is 5.52. The van der Waals surface area contributed by atoms with Crippen molar-refractivity contribution in [1.82, 2.24) is 59.8 Å². The molecule has 4 aromatic rings. The van der Waals surface area contributed by atoms with Gasteiger partial charge in [0.1, 0.15) is 69.9 Å². The SMILES string of the molecule is Cc1nc(C)nc(CC(c2nc(C)nc(C)n2)C(Cc2nc(C)nc(C)n2)c2nc(C)nc(C)n2)n1. The van der Waals surface area contributed by atoms with Crippen molar-refractivity contribution in [2.24, 2.45) is 0 Å². The Morgan fingerprint density at radius 2 is 0.556 bits per heavy atom. The van der Waals surface area contributed by atoms with E-state index in [1.54, 1.807) is 0 Å². The third-order valence-corrected chi connectivity index (χ3v) is 5.52. The first kappa shape index (κ1) is 25.1. The molecule has 0 fully saturated rings. The van der Waals surface area contributed by atoms with Crippen molar-refractivity contribution in [3.63, 3.8) is 0 Å². The molecule has 0 saturated heterocycles. The van der Waals surface area contributed by atoms with Crippen LogP contribution in [0.15, 0.2) is 0 Å². The molecule has 0 radical (unpaired) electrons. The van der Waals surface area contributed by atoms with Crippen molar-refractivity contribution in [1.29, 1.82) is 0 Å². The van der Waals surface area contributed by atoms with Crippen molar-refractivity contribution < 1.29 is 0 Å². The van der Waals surface area contributed by atoms with E-state index in [1.807, 2.05) is 55.4 Å². The summed E-state index contributed by atoms with van der Waals surface area (Å²) in [5.41, 5.74) is 0. The second kappa shape index (κ2) is 10.3. The van der Waals surface area contributed by atoms with Gasteiger partial charge < -0.3 is 0 Å². The lowest BCUT2D eigenvalue weighted by Crippen LogP contribution is -2.25. The first-order valence-electron chi connectivity index (χ1n) is 11.8. The van der Waals surface area contributed by atoms with Gasteiger partial charge in [-0.05, 0) is 55.4 Å². The molecular formula is C24H30N12. The number of hydrogen-bond acceptors (Lipinski definition) is 12. The molecule has 12 nitrogen and oxygen atoms in total. The average Bonchev–Trinajstić information content (AvgIpc) is 2.73. The molecule has 186 valence electrons. The molecule has 0 amide bonds. The largest absolute Gasteiger partial charge is 0.219 e. The van der Waals surface area contributed by atoms with Crippen LogP contribution in [0.3, 0.4) is 0 Å².